The Hall–Kier alpha value is -2.80. The summed E-state index contributed by atoms with van der Waals surface area (Å²) in [4.78, 5) is 25.1. The monoisotopic (exact) mass is 388 g/mol. The maximum absolute atomic E-state index is 12.8. The summed E-state index contributed by atoms with van der Waals surface area (Å²) < 4.78 is 26.5. The molecule has 1 atom stereocenters. The molecule has 0 saturated carbocycles. The highest BCUT2D eigenvalue weighted by Crippen LogP contribution is 2.40. The zero-order valence-corrected chi connectivity index (χ0v) is 16.5. The topological polar surface area (TPSA) is 84.2 Å². The van der Waals surface area contributed by atoms with E-state index in [1.807, 2.05) is 12.1 Å². The Labute approximate surface area is 163 Å². The van der Waals surface area contributed by atoms with E-state index >= 15 is 0 Å². The van der Waals surface area contributed by atoms with Crippen molar-refractivity contribution in [2.45, 2.75) is 25.7 Å². The largest absolute Gasteiger partial charge is 0.497 e. The van der Waals surface area contributed by atoms with Gasteiger partial charge in [-0.25, -0.2) is 4.79 Å². The van der Waals surface area contributed by atoms with Crippen LogP contribution in [0.1, 0.15) is 50.1 Å². The number of methoxy groups -OCH3 is 3. The summed E-state index contributed by atoms with van der Waals surface area (Å²) in [5.41, 5.74) is 1.92. The summed E-state index contributed by atoms with van der Waals surface area (Å²) in [5, 5.41) is 0. The molecule has 0 fully saturated rings. The van der Waals surface area contributed by atoms with E-state index < -0.39 is 5.97 Å². The third-order valence-electron chi connectivity index (χ3n) is 4.95. The van der Waals surface area contributed by atoms with E-state index in [9.17, 15) is 9.59 Å². The van der Waals surface area contributed by atoms with Crippen LogP contribution >= 0.6 is 0 Å². The first-order chi connectivity index (χ1) is 13.5. The van der Waals surface area contributed by atoms with Gasteiger partial charge in [0.2, 0.25) is 5.76 Å². The molecule has 3 rings (SSSR count). The van der Waals surface area contributed by atoms with Crippen molar-refractivity contribution in [3.05, 3.63) is 46.4 Å². The van der Waals surface area contributed by atoms with E-state index in [1.54, 1.807) is 27.2 Å². The van der Waals surface area contributed by atoms with Crippen molar-refractivity contribution in [1.29, 1.82) is 0 Å². The van der Waals surface area contributed by atoms with Gasteiger partial charge < -0.3 is 23.4 Å². The molecule has 1 heterocycles. The number of fused-ring (bicyclic) bond motifs is 1. The van der Waals surface area contributed by atoms with Gasteiger partial charge in [0.05, 0.1) is 26.4 Å². The first-order valence-corrected chi connectivity index (χ1v) is 9.03. The minimum absolute atomic E-state index is 0.0543. The fraction of sp³-hybridized carbons (Fsp3) is 0.429. The van der Waals surface area contributed by atoms with Gasteiger partial charge >= 0.3 is 5.97 Å². The number of carbonyl (C=O) groups excluding carboxylic acids is 2. The molecule has 1 aliphatic carbocycles. The molecule has 7 nitrogen and oxygen atoms in total. The molecular weight excluding hydrogens is 364 g/mol. The molecule has 0 N–H and O–H groups in total. The highest BCUT2D eigenvalue weighted by atomic mass is 16.6. The van der Waals surface area contributed by atoms with Gasteiger partial charge in [-0.15, -0.1) is 0 Å². The van der Waals surface area contributed by atoms with Crippen LogP contribution in [0.25, 0.3) is 0 Å². The highest BCUT2D eigenvalue weighted by molar-refractivity contribution is 6.03. The number of hydrogen-bond acceptors (Lipinski definition) is 7. The normalized spacial score (nSPS) is 15.9. The molecule has 0 unspecified atom stereocenters. The number of rotatable bonds is 7. The van der Waals surface area contributed by atoms with Crippen LogP contribution in [0, 0.1) is 6.92 Å². The predicted octanol–water partition coefficient (Wildman–Crippen LogP) is 3.32. The molecule has 28 heavy (non-hydrogen) atoms. The third kappa shape index (κ3) is 3.75. The Bertz CT molecular complexity index is 881. The SMILES string of the molecule is COCCOC(=O)c1oc2c(c1C)C(=O)C[C@H](c1ccc(OC)cc1OC)C2. The molecule has 0 radical (unpaired) electrons. The van der Waals surface area contributed by atoms with Crippen LogP contribution in [0.3, 0.4) is 0 Å². The summed E-state index contributed by atoms with van der Waals surface area (Å²) in [6, 6.07) is 5.53. The molecule has 150 valence electrons. The molecule has 1 aliphatic rings. The maximum Gasteiger partial charge on any atom is 0.374 e. The van der Waals surface area contributed by atoms with E-state index in [2.05, 4.69) is 0 Å². The van der Waals surface area contributed by atoms with E-state index in [1.165, 1.54) is 7.11 Å². The van der Waals surface area contributed by atoms with Gasteiger partial charge in [-0.1, -0.05) is 6.07 Å². The fourth-order valence-electron chi connectivity index (χ4n) is 3.56. The molecule has 1 aromatic carbocycles. The average Bonchev–Trinajstić information content (AvgIpc) is 3.04. The Kier molecular flexibility index (Phi) is 6.04. The van der Waals surface area contributed by atoms with Crippen LogP contribution in [0.4, 0.5) is 0 Å². The second-order valence-corrected chi connectivity index (χ2v) is 6.62. The molecule has 7 heteroatoms. The summed E-state index contributed by atoms with van der Waals surface area (Å²) >= 11 is 0. The highest BCUT2D eigenvalue weighted by Gasteiger charge is 2.35. The quantitative estimate of drug-likeness (QED) is 0.531. The van der Waals surface area contributed by atoms with Crippen LogP contribution in [0.15, 0.2) is 22.6 Å². The first-order valence-electron chi connectivity index (χ1n) is 9.03. The summed E-state index contributed by atoms with van der Waals surface area (Å²) in [5.74, 6) is 1.17. The van der Waals surface area contributed by atoms with Gasteiger partial charge in [0.25, 0.3) is 0 Å². The Morgan fingerprint density at radius 1 is 1.14 bits per heavy atom. The van der Waals surface area contributed by atoms with Crippen molar-refractivity contribution in [2.75, 3.05) is 34.5 Å². The van der Waals surface area contributed by atoms with E-state index in [-0.39, 0.29) is 24.1 Å². The van der Waals surface area contributed by atoms with Crippen molar-refractivity contribution >= 4 is 11.8 Å². The summed E-state index contributed by atoms with van der Waals surface area (Å²) in [6.07, 6.45) is 0.810. The summed E-state index contributed by atoms with van der Waals surface area (Å²) in [7, 11) is 4.69. The average molecular weight is 388 g/mol. The number of esters is 1. The van der Waals surface area contributed by atoms with E-state index in [4.69, 9.17) is 23.4 Å². The zero-order chi connectivity index (χ0) is 20.3. The lowest BCUT2D eigenvalue weighted by atomic mass is 9.81. The lowest BCUT2D eigenvalue weighted by Crippen LogP contribution is -2.18. The molecule has 0 bridgehead atoms. The van der Waals surface area contributed by atoms with Gasteiger partial charge in [-0.2, -0.15) is 0 Å². The number of carbonyl (C=O) groups is 2. The molecule has 0 saturated heterocycles. The number of ether oxygens (including phenoxy) is 4. The van der Waals surface area contributed by atoms with Crippen LogP contribution in [0.5, 0.6) is 11.5 Å². The second-order valence-electron chi connectivity index (χ2n) is 6.62. The van der Waals surface area contributed by atoms with Crippen molar-refractivity contribution in [3.63, 3.8) is 0 Å². The molecule has 0 spiro atoms. The number of Topliss-reactive ketones (excluding diaryl/α,β-unsaturated/α-hetero) is 1. The van der Waals surface area contributed by atoms with Crippen LogP contribution in [-0.4, -0.2) is 46.3 Å². The molecule has 0 aliphatic heterocycles. The number of hydrogen-bond donors (Lipinski definition) is 0. The van der Waals surface area contributed by atoms with Gasteiger partial charge in [-0.05, 0) is 18.6 Å². The minimum atomic E-state index is -0.588. The van der Waals surface area contributed by atoms with Crippen LogP contribution < -0.4 is 9.47 Å². The molecule has 2 aromatic rings. The zero-order valence-electron chi connectivity index (χ0n) is 16.5. The second kappa shape index (κ2) is 8.48. The first kappa shape index (κ1) is 19.9. The Balaban J connectivity index is 1.88. The van der Waals surface area contributed by atoms with Gasteiger partial charge in [-0.3, -0.25) is 4.79 Å². The molecular formula is C21H24O7. The summed E-state index contributed by atoms with van der Waals surface area (Å²) in [6.45, 7) is 2.13. The number of benzene rings is 1. The van der Waals surface area contributed by atoms with Crippen LogP contribution in [-0.2, 0) is 15.9 Å². The van der Waals surface area contributed by atoms with Crippen LogP contribution in [0.2, 0.25) is 0 Å². The predicted molar refractivity (Wildman–Crippen MR) is 101 cm³/mol. The minimum Gasteiger partial charge on any atom is -0.497 e. The van der Waals surface area contributed by atoms with Crippen molar-refractivity contribution in [2.24, 2.45) is 0 Å². The van der Waals surface area contributed by atoms with Gasteiger partial charge in [0, 0.05) is 37.5 Å². The van der Waals surface area contributed by atoms with Crippen molar-refractivity contribution in [3.8, 4) is 11.5 Å². The molecule has 0 amide bonds. The number of ketones is 1. The lowest BCUT2D eigenvalue weighted by molar-refractivity contribution is 0.0351. The van der Waals surface area contributed by atoms with Crippen molar-refractivity contribution in [1.82, 2.24) is 0 Å². The Morgan fingerprint density at radius 3 is 2.61 bits per heavy atom. The smallest absolute Gasteiger partial charge is 0.374 e. The maximum atomic E-state index is 12.8. The van der Waals surface area contributed by atoms with E-state index in [0.717, 1.165) is 5.56 Å². The standard InChI is InChI=1S/C21H24O7/c1-12-19-16(22)9-13(15-6-5-14(25-3)11-17(15)26-4)10-18(19)28-20(12)21(23)27-8-7-24-2/h5-6,11,13H,7-10H2,1-4H3/t13-/m0/s1. The van der Waals surface area contributed by atoms with Gasteiger partial charge in [0.1, 0.15) is 23.9 Å². The Morgan fingerprint density at radius 2 is 1.93 bits per heavy atom. The van der Waals surface area contributed by atoms with Gasteiger partial charge in [0.15, 0.2) is 5.78 Å². The van der Waals surface area contributed by atoms with Crippen molar-refractivity contribution < 1.29 is 33.0 Å². The number of furan rings is 1. The third-order valence-corrected chi connectivity index (χ3v) is 4.95. The molecule has 1 aromatic heterocycles. The fourth-order valence-corrected chi connectivity index (χ4v) is 3.56. The van der Waals surface area contributed by atoms with E-state index in [0.29, 0.717) is 47.8 Å². The lowest BCUT2D eigenvalue weighted by Gasteiger charge is -2.23.